The zero-order valence-electron chi connectivity index (χ0n) is 10.7. The van der Waals surface area contributed by atoms with Gasteiger partial charge in [0.2, 0.25) is 5.91 Å². The second-order valence-electron chi connectivity index (χ2n) is 4.10. The largest absolute Gasteiger partial charge is 0.335 e. The summed E-state index contributed by atoms with van der Waals surface area (Å²) < 4.78 is 0. The molecule has 0 fully saturated rings. The highest BCUT2D eigenvalue weighted by Crippen LogP contribution is 2.26. The maximum atomic E-state index is 11.9. The van der Waals surface area contributed by atoms with Crippen LogP contribution in [0, 0.1) is 0 Å². The smallest absolute Gasteiger partial charge is 0.246 e. The molecule has 7 heteroatoms. The van der Waals surface area contributed by atoms with E-state index in [0.29, 0.717) is 28.0 Å². The molecule has 2 aromatic rings. The maximum Gasteiger partial charge on any atom is 0.246 e. The van der Waals surface area contributed by atoms with E-state index in [1.54, 1.807) is 31.3 Å². The predicted octanol–water partition coefficient (Wildman–Crippen LogP) is 2.78. The van der Waals surface area contributed by atoms with E-state index in [1.807, 2.05) is 0 Å². The molecule has 0 saturated heterocycles. The van der Waals surface area contributed by atoms with Crippen molar-refractivity contribution in [3.8, 4) is 0 Å². The first-order valence-corrected chi connectivity index (χ1v) is 6.55. The first-order chi connectivity index (χ1) is 9.58. The third-order valence-electron chi connectivity index (χ3n) is 2.62. The lowest BCUT2D eigenvalue weighted by Crippen LogP contribution is -2.24. The molecular weight excluding hydrogens is 299 g/mol. The fourth-order valence-corrected chi connectivity index (χ4v) is 1.92. The fraction of sp³-hybridized carbons (Fsp3) is 0.154. The number of halogens is 2. The lowest BCUT2D eigenvalue weighted by molar-refractivity contribution is -0.125. The Morgan fingerprint density at radius 3 is 2.95 bits per heavy atom. The van der Waals surface area contributed by atoms with E-state index < -0.39 is 0 Å². The van der Waals surface area contributed by atoms with Crippen LogP contribution in [0.15, 0.2) is 30.6 Å². The van der Waals surface area contributed by atoms with Crippen LogP contribution < -0.4 is 0 Å². The van der Waals surface area contributed by atoms with Crippen molar-refractivity contribution in [2.24, 2.45) is 0 Å². The quantitative estimate of drug-likeness (QED) is 0.883. The van der Waals surface area contributed by atoms with Crippen molar-refractivity contribution in [3.63, 3.8) is 0 Å². The number of carbonyl (C=O) groups is 1. The molecule has 104 valence electrons. The van der Waals surface area contributed by atoms with Crippen molar-refractivity contribution in [3.05, 3.63) is 52.0 Å². The second kappa shape index (κ2) is 6.54. The van der Waals surface area contributed by atoms with E-state index >= 15 is 0 Å². The number of hydrogen-bond acceptors (Lipinski definition) is 3. The van der Waals surface area contributed by atoms with Gasteiger partial charge in [-0.2, -0.15) is 5.10 Å². The van der Waals surface area contributed by atoms with Gasteiger partial charge < -0.3 is 4.90 Å². The predicted molar refractivity (Wildman–Crippen MR) is 78.4 cm³/mol. The van der Waals surface area contributed by atoms with E-state index in [-0.39, 0.29) is 5.91 Å². The Labute approximate surface area is 126 Å². The van der Waals surface area contributed by atoms with Gasteiger partial charge in [0.1, 0.15) is 12.2 Å². The highest BCUT2D eigenvalue weighted by Gasteiger charge is 2.08. The molecule has 0 aliphatic carbocycles. The molecule has 0 aliphatic rings. The van der Waals surface area contributed by atoms with Gasteiger partial charge in [0, 0.05) is 13.1 Å². The summed E-state index contributed by atoms with van der Waals surface area (Å²) in [5.74, 6) is 0.451. The summed E-state index contributed by atoms with van der Waals surface area (Å²) in [6.45, 7) is 0.354. The monoisotopic (exact) mass is 310 g/mol. The number of carbonyl (C=O) groups excluding carboxylic acids is 1. The van der Waals surface area contributed by atoms with E-state index in [2.05, 4.69) is 15.2 Å². The molecular formula is C13H12Cl2N4O. The van der Waals surface area contributed by atoms with Gasteiger partial charge in [-0.3, -0.25) is 9.89 Å². The lowest BCUT2D eigenvalue weighted by atomic mass is 10.2. The van der Waals surface area contributed by atoms with Crippen LogP contribution in [-0.4, -0.2) is 33.0 Å². The number of nitrogens with zero attached hydrogens (tertiary/aromatic N) is 3. The molecule has 0 unspecified atom stereocenters. The zero-order chi connectivity index (χ0) is 14.5. The van der Waals surface area contributed by atoms with Crippen LogP contribution in [0.25, 0.3) is 6.08 Å². The summed E-state index contributed by atoms with van der Waals surface area (Å²) in [4.78, 5) is 17.4. The van der Waals surface area contributed by atoms with Crippen LogP contribution in [0.1, 0.15) is 11.4 Å². The summed E-state index contributed by atoms with van der Waals surface area (Å²) in [7, 11) is 1.68. The summed E-state index contributed by atoms with van der Waals surface area (Å²) in [6.07, 6.45) is 4.47. The molecule has 0 bridgehead atoms. The van der Waals surface area contributed by atoms with Gasteiger partial charge >= 0.3 is 0 Å². The number of aromatic amines is 1. The van der Waals surface area contributed by atoms with Crippen molar-refractivity contribution in [2.45, 2.75) is 6.54 Å². The highest BCUT2D eigenvalue weighted by atomic mass is 35.5. The Hall–Kier alpha value is -1.85. The molecule has 1 heterocycles. The SMILES string of the molecule is CN(Cc1ncn[nH]1)C(=O)C=Cc1cccc(Cl)c1Cl. The normalized spacial score (nSPS) is 10.9. The average molecular weight is 311 g/mol. The molecule has 0 spiro atoms. The van der Waals surface area contributed by atoms with Gasteiger partial charge in [-0.1, -0.05) is 35.3 Å². The van der Waals surface area contributed by atoms with Gasteiger partial charge in [-0.05, 0) is 17.7 Å². The number of rotatable bonds is 4. The number of amides is 1. The number of aromatic nitrogens is 3. The van der Waals surface area contributed by atoms with Crippen LogP contribution in [0.3, 0.4) is 0 Å². The molecule has 2 rings (SSSR count). The van der Waals surface area contributed by atoms with Crippen molar-refractivity contribution in [1.82, 2.24) is 20.1 Å². The van der Waals surface area contributed by atoms with Gasteiger partial charge in [0.25, 0.3) is 0 Å². The molecule has 0 aliphatic heterocycles. The van der Waals surface area contributed by atoms with Crippen molar-refractivity contribution in [1.29, 1.82) is 0 Å². The third-order valence-corrected chi connectivity index (χ3v) is 3.45. The van der Waals surface area contributed by atoms with Gasteiger partial charge in [0.15, 0.2) is 0 Å². The van der Waals surface area contributed by atoms with Gasteiger partial charge in [-0.15, -0.1) is 0 Å². The minimum absolute atomic E-state index is 0.169. The minimum atomic E-state index is -0.169. The van der Waals surface area contributed by atoms with Crippen LogP contribution in [-0.2, 0) is 11.3 Å². The zero-order valence-corrected chi connectivity index (χ0v) is 12.2. The summed E-state index contributed by atoms with van der Waals surface area (Å²) in [6, 6.07) is 5.25. The van der Waals surface area contributed by atoms with Crippen LogP contribution >= 0.6 is 23.2 Å². The molecule has 0 radical (unpaired) electrons. The number of likely N-dealkylation sites (N-methyl/N-ethyl adjacent to an activating group) is 1. The standard InChI is InChI=1S/C13H12Cl2N4O/c1-19(7-11-16-8-17-18-11)12(20)6-5-9-3-2-4-10(14)13(9)15/h2-6,8H,7H2,1H3,(H,16,17,18). The minimum Gasteiger partial charge on any atom is -0.335 e. The Bertz CT molecular complexity index is 625. The van der Waals surface area contributed by atoms with Crippen molar-refractivity contribution < 1.29 is 4.79 Å². The Balaban J connectivity index is 2.03. The number of hydrogen-bond donors (Lipinski definition) is 1. The van der Waals surface area contributed by atoms with Gasteiger partial charge in [0.05, 0.1) is 16.6 Å². The fourth-order valence-electron chi connectivity index (χ4n) is 1.55. The molecule has 1 amide bonds. The lowest BCUT2D eigenvalue weighted by Gasteiger charge is -2.12. The van der Waals surface area contributed by atoms with Crippen molar-refractivity contribution >= 4 is 35.2 Å². The van der Waals surface area contributed by atoms with Gasteiger partial charge in [-0.25, -0.2) is 4.98 Å². The molecule has 1 aromatic carbocycles. The first kappa shape index (κ1) is 14.6. The Morgan fingerprint density at radius 2 is 2.25 bits per heavy atom. The van der Waals surface area contributed by atoms with E-state index in [0.717, 1.165) is 0 Å². The molecule has 1 N–H and O–H groups in total. The summed E-state index contributed by atoms with van der Waals surface area (Å²) in [5, 5.41) is 7.30. The second-order valence-corrected chi connectivity index (χ2v) is 4.89. The molecule has 1 aromatic heterocycles. The van der Waals surface area contributed by atoms with Crippen LogP contribution in [0.5, 0.6) is 0 Å². The number of H-pyrrole nitrogens is 1. The van der Waals surface area contributed by atoms with E-state index in [4.69, 9.17) is 23.2 Å². The first-order valence-electron chi connectivity index (χ1n) is 5.79. The molecule has 20 heavy (non-hydrogen) atoms. The summed E-state index contributed by atoms with van der Waals surface area (Å²) >= 11 is 11.9. The molecule has 0 saturated carbocycles. The van der Waals surface area contributed by atoms with Crippen LogP contribution in [0.4, 0.5) is 0 Å². The van der Waals surface area contributed by atoms with Crippen molar-refractivity contribution in [2.75, 3.05) is 7.05 Å². The highest BCUT2D eigenvalue weighted by molar-refractivity contribution is 6.42. The summed E-state index contributed by atoms with van der Waals surface area (Å²) in [5.41, 5.74) is 0.695. The Morgan fingerprint density at radius 1 is 1.45 bits per heavy atom. The molecule has 5 nitrogen and oxygen atoms in total. The maximum absolute atomic E-state index is 11.9. The number of benzene rings is 1. The third kappa shape index (κ3) is 3.59. The Kier molecular flexibility index (Phi) is 4.76. The van der Waals surface area contributed by atoms with E-state index in [1.165, 1.54) is 17.3 Å². The van der Waals surface area contributed by atoms with E-state index in [9.17, 15) is 4.79 Å². The topological polar surface area (TPSA) is 61.9 Å². The molecule has 0 atom stereocenters. The van der Waals surface area contributed by atoms with Crippen LogP contribution in [0.2, 0.25) is 10.0 Å². The number of nitrogens with one attached hydrogen (secondary N) is 1. The average Bonchev–Trinajstić information content (AvgIpc) is 2.93.